The molecule has 0 aliphatic rings. The van der Waals surface area contributed by atoms with Gasteiger partial charge in [0.1, 0.15) is 6.54 Å². The van der Waals surface area contributed by atoms with E-state index in [1.165, 1.54) is 38.5 Å². The molecule has 0 aliphatic heterocycles. The molecular weight excluding hydrogens is 306 g/mol. The third kappa shape index (κ3) is 11.6. The monoisotopic (exact) mass is 343 g/mol. The molecule has 0 aliphatic carbocycles. The minimum absolute atomic E-state index is 0.0806. The fourth-order valence-corrected chi connectivity index (χ4v) is 3.10. The van der Waals surface area contributed by atoms with Gasteiger partial charge in [0, 0.05) is 18.8 Å². The average Bonchev–Trinajstić information content (AvgIpc) is 2.42. The summed E-state index contributed by atoms with van der Waals surface area (Å²) in [4.78, 5) is 23.2. The zero-order valence-electron chi connectivity index (χ0n) is 16.1. The van der Waals surface area contributed by atoms with Gasteiger partial charge in [-0.05, 0) is 6.42 Å². The Hall–Kier alpha value is -0.940. The normalized spacial score (nSPS) is 14.4. The lowest BCUT2D eigenvalue weighted by Crippen LogP contribution is -2.56. The summed E-state index contributed by atoms with van der Waals surface area (Å²) in [6.07, 6.45) is 9.92. The van der Waals surface area contributed by atoms with Gasteiger partial charge in [-0.15, -0.1) is 0 Å². The van der Waals surface area contributed by atoms with E-state index in [1.807, 2.05) is 21.1 Å². The molecule has 0 heterocycles. The predicted octanol–water partition coefficient (Wildman–Crippen LogP) is 2.05. The number of nitrogens with zero attached hydrogens (tertiary/aromatic N) is 1. The summed E-state index contributed by atoms with van der Waals surface area (Å²) in [5.74, 6) is -1.76. The van der Waals surface area contributed by atoms with Crippen LogP contribution >= 0.6 is 0 Å². The quantitative estimate of drug-likeness (QED) is 0.365. The van der Waals surface area contributed by atoms with E-state index in [9.17, 15) is 19.8 Å². The molecule has 5 heteroatoms. The van der Waals surface area contributed by atoms with Gasteiger partial charge in [-0.2, -0.15) is 0 Å². The van der Waals surface area contributed by atoms with Gasteiger partial charge in [0.05, 0.1) is 21.1 Å². The zero-order chi connectivity index (χ0) is 18.6. The highest BCUT2D eigenvalue weighted by Crippen LogP contribution is 2.19. The Morgan fingerprint density at radius 2 is 1.38 bits per heavy atom. The molecule has 0 rings (SSSR count). The fourth-order valence-electron chi connectivity index (χ4n) is 3.10. The van der Waals surface area contributed by atoms with Crippen LogP contribution in [0.4, 0.5) is 0 Å². The molecule has 1 unspecified atom stereocenters. The Morgan fingerprint density at radius 1 is 0.917 bits per heavy atom. The maximum Gasteiger partial charge on any atom is 0.177 e. The smallest absolute Gasteiger partial charge is 0.177 e. The maximum atomic E-state index is 12.3. The highest BCUT2D eigenvalue weighted by molar-refractivity contribution is 5.90. The summed E-state index contributed by atoms with van der Waals surface area (Å²) >= 11 is 0. The Bertz CT molecular complexity index is 376. The maximum absolute atomic E-state index is 12.3. The van der Waals surface area contributed by atoms with Crippen LogP contribution in [0.1, 0.15) is 77.6 Å². The molecule has 24 heavy (non-hydrogen) atoms. The van der Waals surface area contributed by atoms with Gasteiger partial charge in [0.2, 0.25) is 0 Å². The number of Topliss-reactive ketones (excluding diaryl/α,β-unsaturated/α-hetero) is 1. The number of carboxylic acid groups (broad SMARTS) is 1. The molecule has 5 nitrogen and oxygen atoms in total. The molecule has 0 saturated heterocycles. The summed E-state index contributed by atoms with van der Waals surface area (Å²) in [6, 6.07) is 0. The third-order valence-corrected chi connectivity index (χ3v) is 4.20. The first-order valence-corrected chi connectivity index (χ1v) is 9.37. The van der Waals surface area contributed by atoms with Crippen LogP contribution in [0.3, 0.4) is 0 Å². The second-order valence-electron chi connectivity index (χ2n) is 8.03. The number of aliphatic carboxylic acids is 1. The van der Waals surface area contributed by atoms with Crippen LogP contribution in [0.15, 0.2) is 0 Å². The number of carbonyl (C=O) groups is 2. The summed E-state index contributed by atoms with van der Waals surface area (Å²) in [7, 11) is 5.48. The number of ketones is 1. The van der Waals surface area contributed by atoms with Crippen LogP contribution in [0.2, 0.25) is 0 Å². The summed E-state index contributed by atoms with van der Waals surface area (Å²) in [5, 5.41) is 21.4. The van der Waals surface area contributed by atoms with E-state index in [0.717, 1.165) is 12.8 Å². The van der Waals surface area contributed by atoms with Crippen molar-refractivity contribution >= 4 is 11.8 Å². The first-order valence-electron chi connectivity index (χ1n) is 9.37. The molecular formula is C19H37NO4. The number of quaternary nitrogens is 1. The topological polar surface area (TPSA) is 77.4 Å². The SMILES string of the molecule is CCCCCCCCCCCC(=O)C(O)(CC(=O)[O-])C[N+](C)(C)C. The van der Waals surface area contributed by atoms with Crippen LogP contribution in [0.5, 0.6) is 0 Å². The number of rotatable bonds is 15. The van der Waals surface area contributed by atoms with Crippen LogP contribution < -0.4 is 5.11 Å². The number of hydrogen-bond donors (Lipinski definition) is 1. The molecule has 1 N–H and O–H groups in total. The fraction of sp³-hybridized carbons (Fsp3) is 0.895. The number of hydrogen-bond acceptors (Lipinski definition) is 4. The van der Waals surface area contributed by atoms with Crippen molar-refractivity contribution in [1.29, 1.82) is 0 Å². The minimum atomic E-state index is -1.82. The van der Waals surface area contributed by atoms with Crippen molar-refractivity contribution in [3.8, 4) is 0 Å². The van der Waals surface area contributed by atoms with E-state index >= 15 is 0 Å². The second kappa shape index (κ2) is 11.6. The molecule has 0 saturated carbocycles. The predicted molar refractivity (Wildman–Crippen MR) is 94.3 cm³/mol. The Kier molecular flexibility index (Phi) is 11.1. The van der Waals surface area contributed by atoms with Crippen molar-refractivity contribution in [3.63, 3.8) is 0 Å². The molecule has 0 aromatic rings. The highest BCUT2D eigenvalue weighted by atomic mass is 16.4. The average molecular weight is 344 g/mol. The summed E-state index contributed by atoms with van der Waals surface area (Å²) in [6.45, 7) is 2.29. The van der Waals surface area contributed by atoms with E-state index in [2.05, 4.69) is 6.92 Å². The van der Waals surface area contributed by atoms with E-state index in [0.29, 0.717) is 10.9 Å². The molecule has 1 atom stereocenters. The molecule has 0 aromatic carbocycles. The van der Waals surface area contributed by atoms with E-state index in [-0.39, 0.29) is 18.7 Å². The standard InChI is InChI=1S/C19H37NO4/c1-5-6-7-8-9-10-11-12-13-14-17(21)19(24,15-18(22)23)16-20(2,3)4/h24H,5-16H2,1-4H3. The van der Waals surface area contributed by atoms with Crippen LogP contribution in [-0.4, -0.2) is 54.6 Å². The van der Waals surface area contributed by atoms with Crippen molar-refractivity contribution in [1.82, 2.24) is 0 Å². The van der Waals surface area contributed by atoms with E-state index in [1.54, 1.807) is 0 Å². The van der Waals surface area contributed by atoms with Gasteiger partial charge in [0.25, 0.3) is 0 Å². The first kappa shape index (κ1) is 23.1. The van der Waals surface area contributed by atoms with Gasteiger partial charge in [-0.3, -0.25) is 4.79 Å². The molecule has 0 fully saturated rings. The molecule has 0 spiro atoms. The second-order valence-corrected chi connectivity index (χ2v) is 8.03. The Morgan fingerprint density at radius 3 is 1.79 bits per heavy atom. The van der Waals surface area contributed by atoms with Crippen LogP contribution in [-0.2, 0) is 9.59 Å². The lowest BCUT2D eigenvalue weighted by molar-refractivity contribution is -0.875. The summed E-state index contributed by atoms with van der Waals surface area (Å²) in [5.41, 5.74) is -1.82. The van der Waals surface area contributed by atoms with Gasteiger partial charge < -0.3 is 19.5 Å². The largest absolute Gasteiger partial charge is 0.550 e. The van der Waals surface area contributed by atoms with Crippen molar-refractivity contribution in [2.45, 2.75) is 83.2 Å². The molecule has 0 amide bonds. The minimum Gasteiger partial charge on any atom is -0.550 e. The number of carbonyl (C=O) groups excluding carboxylic acids is 2. The van der Waals surface area contributed by atoms with Crippen LogP contribution in [0.25, 0.3) is 0 Å². The van der Waals surface area contributed by atoms with Crippen molar-refractivity contribution in [2.75, 3.05) is 27.7 Å². The molecule has 0 bridgehead atoms. The highest BCUT2D eigenvalue weighted by Gasteiger charge is 2.40. The van der Waals surface area contributed by atoms with E-state index < -0.39 is 18.0 Å². The zero-order valence-corrected chi connectivity index (χ0v) is 16.1. The van der Waals surface area contributed by atoms with Crippen molar-refractivity contribution in [3.05, 3.63) is 0 Å². The van der Waals surface area contributed by atoms with Gasteiger partial charge in [0.15, 0.2) is 11.4 Å². The lowest BCUT2D eigenvalue weighted by Gasteiger charge is -2.34. The van der Waals surface area contributed by atoms with Gasteiger partial charge in [-0.25, -0.2) is 0 Å². The van der Waals surface area contributed by atoms with Gasteiger partial charge >= 0.3 is 0 Å². The molecule has 0 aromatic heterocycles. The molecule has 0 radical (unpaired) electrons. The van der Waals surface area contributed by atoms with Crippen molar-refractivity contribution < 1.29 is 24.3 Å². The summed E-state index contributed by atoms with van der Waals surface area (Å²) < 4.78 is 0.327. The number of likely N-dealkylation sites (N-methyl/N-ethyl adjacent to an activating group) is 1. The first-order chi connectivity index (χ1) is 11.1. The number of carboxylic acids is 1. The lowest BCUT2D eigenvalue weighted by atomic mass is 9.89. The van der Waals surface area contributed by atoms with Gasteiger partial charge in [-0.1, -0.05) is 58.3 Å². The molecule has 142 valence electrons. The van der Waals surface area contributed by atoms with E-state index in [4.69, 9.17) is 0 Å². The van der Waals surface area contributed by atoms with Crippen molar-refractivity contribution in [2.24, 2.45) is 0 Å². The number of aliphatic hydroxyl groups is 1. The number of unbranched alkanes of at least 4 members (excludes halogenated alkanes) is 8. The Labute approximate surface area is 147 Å². The third-order valence-electron chi connectivity index (χ3n) is 4.20. The van der Waals surface area contributed by atoms with Crippen LogP contribution in [0, 0.1) is 0 Å². The Balaban J connectivity index is 4.13.